The van der Waals surface area contributed by atoms with Gasteiger partial charge in [-0.25, -0.2) is 0 Å². The minimum absolute atomic E-state index is 0.0606. The summed E-state index contributed by atoms with van der Waals surface area (Å²) in [6.07, 6.45) is -1.04. The largest absolute Gasteiger partial charge is 0.493 e. The Bertz CT molecular complexity index is 1090. The summed E-state index contributed by atoms with van der Waals surface area (Å²) >= 11 is 0. The topological polar surface area (TPSA) is 83.1 Å². The van der Waals surface area contributed by atoms with Gasteiger partial charge < -0.3 is 24.3 Å². The van der Waals surface area contributed by atoms with Crippen LogP contribution in [-0.2, 0) is 20.7 Å². The number of nitrogens with one attached hydrogen (secondary N) is 1. The fourth-order valence-electron chi connectivity index (χ4n) is 3.39. The van der Waals surface area contributed by atoms with Crippen LogP contribution in [-0.4, -0.2) is 39.3 Å². The highest BCUT2D eigenvalue weighted by Gasteiger charge is 2.21. The fourth-order valence-corrected chi connectivity index (χ4v) is 3.39. The van der Waals surface area contributed by atoms with E-state index in [0.29, 0.717) is 28.5 Å². The SMILES string of the molecule is COc1cc(CC(=O)OC(C)C(=O)Nc2ccccc2-c2ccccc2)cc(OC)c1OC. The van der Waals surface area contributed by atoms with Crippen LogP contribution in [0.4, 0.5) is 5.69 Å². The summed E-state index contributed by atoms with van der Waals surface area (Å²) in [7, 11) is 4.50. The number of hydrogen-bond donors (Lipinski definition) is 1. The van der Waals surface area contributed by atoms with Crippen molar-refractivity contribution in [3.8, 4) is 28.4 Å². The Kier molecular flexibility index (Phi) is 7.91. The van der Waals surface area contributed by atoms with E-state index in [1.165, 1.54) is 28.3 Å². The minimum atomic E-state index is -0.983. The van der Waals surface area contributed by atoms with Crippen molar-refractivity contribution in [3.05, 3.63) is 72.3 Å². The molecule has 0 saturated carbocycles. The number of carbonyl (C=O) groups is 2. The van der Waals surface area contributed by atoms with Gasteiger partial charge in [-0.05, 0) is 36.2 Å². The fraction of sp³-hybridized carbons (Fsp3) is 0.231. The van der Waals surface area contributed by atoms with Gasteiger partial charge in [0.15, 0.2) is 17.6 Å². The van der Waals surface area contributed by atoms with Gasteiger partial charge in [-0.1, -0.05) is 48.5 Å². The molecule has 0 aliphatic carbocycles. The minimum Gasteiger partial charge on any atom is -0.493 e. The van der Waals surface area contributed by atoms with Crippen LogP contribution in [0.15, 0.2) is 66.7 Å². The molecular formula is C26H27NO6. The third-order valence-corrected chi connectivity index (χ3v) is 5.02. The van der Waals surface area contributed by atoms with Crippen LogP contribution in [0.5, 0.6) is 17.2 Å². The molecule has 7 heteroatoms. The van der Waals surface area contributed by atoms with Gasteiger partial charge in [-0.2, -0.15) is 0 Å². The van der Waals surface area contributed by atoms with E-state index in [-0.39, 0.29) is 6.42 Å². The Balaban J connectivity index is 1.67. The normalized spacial score (nSPS) is 11.3. The van der Waals surface area contributed by atoms with Crippen molar-refractivity contribution in [1.82, 2.24) is 0 Å². The molecule has 33 heavy (non-hydrogen) atoms. The van der Waals surface area contributed by atoms with Crippen molar-refractivity contribution in [3.63, 3.8) is 0 Å². The average Bonchev–Trinajstić information content (AvgIpc) is 2.84. The van der Waals surface area contributed by atoms with Crippen molar-refractivity contribution in [2.24, 2.45) is 0 Å². The van der Waals surface area contributed by atoms with Gasteiger partial charge >= 0.3 is 5.97 Å². The maximum absolute atomic E-state index is 12.7. The van der Waals surface area contributed by atoms with Crippen LogP contribution in [0.25, 0.3) is 11.1 Å². The summed E-state index contributed by atoms with van der Waals surface area (Å²) in [4.78, 5) is 25.2. The number of benzene rings is 3. The number of para-hydroxylation sites is 1. The van der Waals surface area contributed by atoms with Gasteiger partial charge in [0.1, 0.15) is 0 Å². The van der Waals surface area contributed by atoms with Crippen LogP contribution >= 0.6 is 0 Å². The lowest BCUT2D eigenvalue weighted by Crippen LogP contribution is -2.30. The zero-order valence-corrected chi connectivity index (χ0v) is 19.1. The summed E-state index contributed by atoms with van der Waals surface area (Å²) in [5.74, 6) is 0.327. The number of carbonyl (C=O) groups excluding carboxylic acids is 2. The number of hydrogen-bond acceptors (Lipinski definition) is 6. The molecule has 0 aliphatic rings. The van der Waals surface area contributed by atoms with Crippen LogP contribution in [0.2, 0.25) is 0 Å². The zero-order chi connectivity index (χ0) is 23.8. The summed E-state index contributed by atoms with van der Waals surface area (Å²) in [6, 6.07) is 20.5. The number of anilines is 1. The van der Waals surface area contributed by atoms with Crippen LogP contribution in [0, 0.1) is 0 Å². The van der Waals surface area contributed by atoms with E-state index >= 15 is 0 Å². The molecule has 0 aliphatic heterocycles. The first-order valence-corrected chi connectivity index (χ1v) is 10.4. The highest BCUT2D eigenvalue weighted by Crippen LogP contribution is 2.38. The Morgan fingerprint density at radius 1 is 0.848 bits per heavy atom. The van der Waals surface area contributed by atoms with E-state index in [0.717, 1.165) is 11.1 Å². The number of methoxy groups -OCH3 is 3. The Morgan fingerprint density at radius 3 is 2.06 bits per heavy atom. The molecule has 1 unspecified atom stereocenters. The molecule has 1 atom stereocenters. The van der Waals surface area contributed by atoms with Crippen molar-refractivity contribution in [2.75, 3.05) is 26.6 Å². The Labute approximate surface area is 193 Å². The van der Waals surface area contributed by atoms with Crippen molar-refractivity contribution >= 4 is 17.6 Å². The molecule has 0 fully saturated rings. The molecule has 3 aromatic rings. The maximum Gasteiger partial charge on any atom is 0.311 e. The Hall–Kier alpha value is -4.00. The second-order valence-corrected chi connectivity index (χ2v) is 7.24. The third kappa shape index (κ3) is 5.83. The highest BCUT2D eigenvalue weighted by atomic mass is 16.5. The number of rotatable bonds is 9. The van der Waals surface area contributed by atoms with Gasteiger partial charge in [0, 0.05) is 11.3 Å². The van der Waals surface area contributed by atoms with E-state index in [1.807, 2.05) is 54.6 Å². The molecule has 0 spiro atoms. The van der Waals surface area contributed by atoms with E-state index < -0.39 is 18.0 Å². The summed E-state index contributed by atoms with van der Waals surface area (Å²) in [5, 5.41) is 2.86. The molecule has 1 amide bonds. The smallest absolute Gasteiger partial charge is 0.311 e. The molecule has 0 aromatic heterocycles. The first kappa shape index (κ1) is 23.7. The van der Waals surface area contributed by atoms with Crippen LogP contribution in [0.3, 0.4) is 0 Å². The highest BCUT2D eigenvalue weighted by molar-refractivity contribution is 5.98. The first-order valence-electron chi connectivity index (χ1n) is 10.4. The molecule has 7 nitrogen and oxygen atoms in total. The number of amides is 1. The first-order chi connectivity index (χ1) is 16.0. The van der Waals surface area contributed by atoms with Gasteiger partial charge in [0.25, 0.3) is 5.91 Å². The Morgan fingerprint density at radius 2 is 1.45 bits per heavy atom. The van der Waals surface area contributed by atoms with Gasteiger partial charge in [-0.3, -0.25) is 9.59 Å². The molecule has 1 N–H and O–H groups in total. The second-order valence-electron chi connectivity index (χ2n) is 7.24. The van der Waals surface area contributed by atoms with Gasteiger partial charge in [0.2, 0.25) is 5.75 Å². The average molecular weight is 450 g/mol. The monoisotopic (exact) mass is 449 g/mol. The lowest BCUT2D eigenvalue weighted by molar-refractivity contribution is -0.152. The zero-order valence-electron chi connectivity index (χ0n) is 19.1. The van der Waals surface area contributed by atoms with Gasteiger partial charge in [0.05, 0.1) is 27.8 Å². The third-order valence-electron chi connectivity index (χ3n) is 5.02. The predicted molar refractivity (Wildman–Crippen MR) is 126 cm³/mol. The quantitative estimate of drug-likeness (QED) is 0.485. The molecule has 0 bridgehead atoms. The number of esters is 1. The molecule has 172 valence electrons. The maximum atomic E-state index is 12.7. The van der Waals surface area contributed by atoms with Gasteiger partial charge in [-0.15, -0.1) is 0 Å². The molecule has 0 saturated heterocycles. The van der Waals surface area contributed by atoms with E-state index in [4.69, 9.17) is 18.9 Å². The second kappa shape index (κ2) is 11.0. The molecule has 3 rings (SSSR count). The lowest BCUT2D eigenvalue weighted by Gasteiger charge is -2.17. The summed E-state index contributed by atoms with van der Waals surface area (Å²) in [6.45, 7) is 1.54. The molecule has 0 radical (unpaired) electrons. The molecule has 0 heterocycles. The van der Waals surface area contributed by atoms with E-state index in [1.54, 1.807) is 12.1 Å². The van der Waals surface area contributed by atoms with E-state index in [9.17, 15) is 9.59 Å². The van der Waals surface area contributed by atoms with Crippen LogP contribution in [0.1, 0.15) is 12.5 Å². The van der Waals surface area contributed by atoms with Crippen molar-refractivity contribution in [1.29, 1.82) is 0 Å². The molecule has 3 aromatic carbocycles. The van der Waals surface area contributed by atoms with Crippen molar-refractivity contribution in [2.45, 2.75) is 19.4 Å². The van der Waals surface area contributed by atoms with Crippen molar-refractivity contribution < 1.29 is 28.5 Å². The molecular weight excluding hydrogens is 422 g/mol. The number of ether oxygens (including phenoxy) is 4. The standard InChI is InChI=1S/C26H27NO6/c1-17(26(29)27-21-13-9-8-12-20(21)19-10-6-5-7-11-19)33-24(28)16-18-14-22(30-2)25(32-4)23(15-18)31-3/h5-15,17H,16H2,1-4H3,(H,27,29). The predicted octanol–water partition coefficient (Wildman–Crippen LogP) is 4.49. The van der Waals surface area contributed by atoms with Crippen LogP contribution < -0.4 is 19.5 Å². The summed E-state index contributed by atoms with van der Waals surface area (Å²) in [5.41, 5.74) is 3.10. The van der Waals surface area contributed by atoms with E-state index in [2.05, 4.69) is 5.32 Å². The lowest BCUT2D eigenvalue weighted by atomic mass is 10.0. The summed E-state index contributed by atoms with van der Waals surface area (Å²) < 4.78 is 21.3.